The first-order valence-electron chi connectivity index (χ1n) is 11.6. The molecular weight excluding hydrogens is 420 g/mol. The molecule has 3 heterocycles. The van der Waals surface area contributed by atoms with E-state index in [2.05, 4.69) is 51.3 Å². The van der Waals surface area contributed by atoms with E-state index in [9.17, 15) is 4.79 Å². The monoisotopic (exact) mass is 452 g/mol. The fraction of sp³-hybridized carbons (Fsp3) is 0.500. The Bertz CT molecular complexity index is 1070. The minimum absolute atomic E-state index is 0.0657. The summed E-state index contributed by atoms with van der Waals surface area (Å²) in [6.45, 7) is 8.51. The van der Waals surface area contributed by atoms with E-state index in [-0.39, 0.29) is 11.7 Å². The average molecular weight is 453 g/mol. The van der Waals surface area contributed by atoms with Crippen LogP contribution in [-0.4, -0.2) is 44.3 Å². The Balaban J connectivity index is 1.35. The van der Waals surface area contributed by atoms with Gasteiger partial charge in [0, 0.05) is 35.9 Å². The Morgan fingerprint density at radius 1 is 1.09 bits per heavy atom. The molecule has 8 heteroatoms. The molecule has 0 radical (unpaired) electrons. The molecule has 3 aromatic rings. The second-order valence-electron chi connectivity index (χ2n) is 8.40. The lowest BCUT2D eigenvalue weighted by Crippen LogP contribution is -2.29. The van der Waals surface area contributed by atoms with Crippen LogP contribution in [0.25, 0.3) is 5.78 Å². The first-order valence-corrected chi connectivity index (χ1v) is 12.5. The van der Waals surface area contributed by atoms with Crippen molar-refractivity contribution in [1.29, 1.82) is 0 Å². The standard InChI is InChI=1S/C24H32N6OS/c1-4-5-9-21-17(2)25-23-27-24(28-30(23)18(21)3)32-16-22(31)26-19-10-12-20(13-11-19)29-14-7-6-8-15-29/h10-13H,4-9,14-16H2,1-3H3,(H,26,31). The van der Waals surface area contributed by atoms with E-state index in [0.29, 0.717) is 10.9 Å². The first-order chi connectivity index (χ1) is 15.5. The van der Waals surface area contributed by atoms with Gasteiger partial charge in [-0.05, 0) is 75.8 Å². The number of nitrogens with one attached hydrogen (secondary N) is 1. The molecule has 0 bridgehead atoms. The van der Waals surface area contributed by atoms with Crippen molar-refractivity contribution in [1.82, 2.24) is 19.6 Å². The number of carbonyl (C=O) groups excluding carboxylic acids is 1. The maximum atomic E-state index is 12.5. The summed E-state index contributed by atoms with van der Waals surface area (Å²) >= 11 is 1.33. The zero-order valence-electron chi connectivity index (χ0n) is 19.2. The summed E-state index contributed by atoms with van der Waals surface area (Å²) in [4.78, 5) is 24.0. The predicted molar refractivity (Wildman–Crippen MR) is 131 cm³/mol. The number of piperidine rings is 1. The number of thioether (sulfide) groups is 1. The van der Waals surface area contributed by atoms with Gasteiger partial charge in [-0.15, -0.1) is 5.10 Å². The molecule has 2 aromatic heterocycles. The van der Waals surface area contributed by atoms with Crippen LogP contribution in [0.5, 0.6) is 0 Å². The van der Waals surface area contributed by atoms with Gasteiger partial charge < -0.3 is 10.2 Å². The molecule has 32 heavy (non-hydrogen) atoms. The Kier molecular flexibility index (Phi) is 7.29. The number of carbonyl (C=O) groups is 1. The number of benzene rings is 1. The smallest absolute Gasteiger partial charge is 0.253 e. The number of unbranched alkanes of at least 4 members (excludes halogenated alkanes) is 1. The van der Waals surface area contributed by atoms with Gasteiger partial charge in [-0.2, -0.15) is 4.98 Å². The van der Waals surface area contributed by atoms with Gasteiger partial charge in [-0.25, -0.2) is 9.50 Å². The summed E-state index contributed by atoms with van der Waals surface area (Å²) in [5, 5.41) is 8.13. The average Bonchev–Trinajstić information content (AvgIpc) is 3.22. The quantitative estimate of drug-likeness (QED) is 0.495. The first kappa shape index (κ1) is 22.6. The summed E-state index contributed by atoms with van der Waals surface area (Å²) in [5.74, 6) is 0.784. The van der Waals surface area contributed by atoms with Crippen molar-refractivity contribution < 1.29 is 4.79 Å². The lowest BCUT2D eigenvalue weighted by Gasteiger charge is -2.28. The number of anilines is 2. The van der Waals surface area contributed by atoms with Crippen LogP contribution in [0.4, 0.5) is 11.4 Å². The molecule has 0 saturated carbocycles. The van der Waals surface area contributed by atoms with Crippen LogP contribution in [-0.2, 0) is 11.2 Å². The molecule has 0 aliphatic carbocycles. The van der Waals surface area contributed by atoms with Crippen molar-refractivity contribution in [2.24, 2.45) is 0 Å². The highest BCUT2D eigenvalue weighted by Gasteiger charge is 2.15. The Morgan fingerprint density at radius 3 is 2.56 bits per heavy atom. The minimum atomic E-state index is -0.0657. The molecule has 170 valence electrons. The molecule has 7 nitrogen and oxygen atoms in total. The zero-order valence-corrected chi connectivity index (χ0v) is 20.0. The van der Waals surface area contributed by atoms with Gasteiger partial charge in [0.15, 0.2) is 0 Å². The largest absolute Gasteiger partial charge is 0.372 e. The number of aromatic nitrogens is 4. The van der Waals surface area contributed by atoms with Crippen LogP contribution in [0.15, 0.2) is 29.4 Å². The van der Waals surface area contributed by atoms with E-state index >= 15 is 0 Å². The molecular formula is C24H32N6OS. The molecule has 0 atom stereocenters. The summed E-state index contributed by atoms with van der Waals surface area (Å²) in [5.41, 5.74) is 5.37. The van der Waals surface area contributed by atoms with E-state index in [4.69, 9.17) is 0 Å². The normalized spacial score (nSPS) is 14.2. The van der Waals surface area contributed by atoms with E-state index < -0.39 is 0 Å². The highest BCUT2D eigenvalue weighted by molar-refractivity contribution is 7.99. The van der Waals surface area contributed by atoms with Gasteiger partial charge >= 0.3 is 0 Å². The van der Waals surface area contributed by atoms with Crippen LogP contribution >= 0.6 is 11.8 Å². The van der Waals surface area contributed by atoms with Crippen LogP contribution < -0.4 is 10.2 Å². The van der Waals surface area contributed by atoms with E-state index in [1.54, 1.807) is 4.52 Å². The molecule has 1 aromatic carbocycles. The fourth-order valence-electron chi connectivity index (χ4n) is 4.20. The third-order valence-electron chi connectivity index (χ3n) is 6.01. The van der Waals surface area contributed by atoms with Crippen molar-refractivity contribution in [2.45, 2.75) is 64.5 Å². The van der Waals surface area contributed by atoms with Crippen molar-refractivity contribution in [3.8, 4) is 0 Å². The molecule has 1 fully saturated rings. The number of hydrogen-bond acceptors (Lipinski definition) is 6. The van der Waals surface area contributed by atoms with Crippen molar-refractivity contribution in [2.75, 3.05) is 29.1 Å². The summed E-state index contributed by atoms with van der Waals surface area (Å²) in [6, 6.07) is 8.13. The maximum absolute atomic E-state index is 12.5. The van der Waals surface area contributed by atoms with Gasteiger partial charge in [-0.1, -0.05) is 25.1 Å². The molecule has 1 saturated heterocycles. The van der Waals surface area contributed by atoms with Crippen molar-refractivity contribution in [3.05, 3.63) is 41.2 Å². The second kappa shape index (κ2) is 10.3. The maximum Gasteiger partial charge on any atom is 0.253 e. The van der Waals surface area contributed by atoms with Crippen molar-refractivity contribution >= 4 is 34.8 Å². The minimum Gasteiger partial charge on any atom is -0.372 e. The Morgan fingerprint density at radius 2 is 1.84 bits per heavy atom. The SMILES string of the molecule is CCCCc1c(C)nc2nc(SCC(=O)Nc3ccc(N4CCCCC4)cc3)nn2c1C. The summed E-state index contributed by atoms with van der Waals surface area (Å²) < 4.78 is 1.80. The number of aryl methyl sites for hydroxylation is 2. The van der Waals surface area contributed by atoms with Gasteiger partial charge in [0.2, 0.25) is 11.1 Å². The van der Waals surface area contributed by atoms with Crippen LogP contribution in [0.1, 0.15) is 56.0 Å². The van der Waals surface area contributed by atoms with E-state index in [1.165, 1.54) is 42.3 Å². The molecule has 4 rings (SSSR count). The zero-order chi connectivity index (χ0) is 22.5. The molecule has 0 spiro atoms. The molecule has 1 amide bonds. The Labute approximate surface area is 194 Å². The van der Waals surface area contributed by atoms with Crippen LogP contribution in [0, 0.1) is 13.8 Å². The number of fused-ring (bicyclic) bond motifs is 1. The number of rotatable bonds is 8. The lowest BCUT2D eigenvalue weighted by atomic mass is 10.1. The molecule has 1 aliphatic heterocycles. The summed E-state index contributed by atoms with van der Waals surface area (Å²) in [7, 11) is 0. The van der Waals surface area contributed by atoms with E-state index in [0.717, 1.165) is 49.4 Å². The molecule has 0 unspecified atom stereocenters. The van der Waals surface area contributed by atoms with Gasteiger partial charge in [-0.3, -0.25) is 4.79 Å². The van der Waals surface area contributed by atoms with Gasteiger partial charge in [0.25, 0.3) is 5.78 Å². The van der Waals surface area contributed by atoms with Gasteiger partial charge in [0.1, 0.15) is 0 Å². The van der Waals surface area contributed by atoms with Crippen molar-refractivity contribution in [3.63, 3.8) is 0 Å². The van der Waals surface area contributed by atoms with Crippen LogP contribution in [0.2, 0.25) is 0 Å². The predicted octanol–water partition coefficient (Wildman–Crippen LogP) is 4.80. The number of nitrogens with zero attached hydrogens (tertiary/aromatic N) is 5. The fourth-order valence-corrected chi connectivity index (χ4v) is 4.82. The topological polar surface area (TPSA) is 75.4 Å². The highest BCUT2D eigenvalue weighted by Crippen LogP contribution is 2.23. The van der Waals surface area contributed by atoms with Gasteiger partial charge in [0.05, 0.1) is 5.75 Å². The Hall–Kier alpha value is -2.61. The number of hydrogen-bond donors (Lipinski definition) is 1. The van der Waals surface area contributed by atoms with Crippen LogP contribution in [0.3, 0.4) is 0 Å². The lowest BCUT2D eigenvalue weighted by molar-refractivity contribution is -0.113. The summed E-state index contributed by atoms with van der Waals surface area (Å²) in [6.07, 6.45) is 7.09. The van der Waals surface area contributed by atoms with E-state index in [1.807, 2.05) is 19.1 Å². The third kappa shape index (κ3) is 5.23. The molecule has 1 aliphatic rings. The molecule has 1 N–H and O–H groups in total. The number of amides is 1. The second-order valence-corrected chi connectivity index (χ2v) is 9.34. The third-order valence-corrected chi connectivity index (χ3v) is 6.85. The highest BCUT2D eigenvalue weighted by atomic mass is 32.2.